The van der Waals surface area contributed by atoms with Gasteiger partial charge in [0.25, 0.3) is 0 Å². The van der Waals surface area contributed by atoms with Gasteiger partial charge < -0.3 is 0 Å². The fourth-order valence-electron chi connectivity index (χ4n) is 4.35. The molecule has 0 amide bonds. The number of Topliss-reactive ketones (excluding diaryl/α,β-unsaturated/α-hetero) is 1. The first kappa shape index (κ1) is 14.1. The molecule has 0 bridgehead atoms. The van der Waals surface area contributed by atoms with Gasteiger partial charge in [0, 0.05) is 11.8 Å². The molecule has 0 aromatic heterocycles. The highest BCUT2D eigenvalue weighted by Gasteiger charge is 2.41. The molecule has 0 radical (unpaired) electrons. The zero-order chi connectivity index (χ0) is 13.2. The summed E-state index contributed by atoms with van der Waals surface area (Å²) in [5, 5.41) is 0. The Morgan fingerprint density at radius 1 is 1.06 bits per heavy atom. The van der Waals surface area contributed by atoms with Crippen LogP contribution in [0.3, 0.4) is 0 Å². The first-order chi connectivity index (χ1) is 8.56. The molecule has 0 aliphatic heterocycles. The molecule has 0 heterocycles. The zero-order valence-corrected chi connectivity index (χ0v) is 12.5. The smallest absolute Gasteiger partial charge is 0.139 e. The number of carbonyl (C=O) groups is 1. The maximum atomic E-state index is 12.9. The summed E-state index contributed by atoms with van der Waals surface area (Å²) in [7, 11) is 0. The molecule has 2 fully saturated rings. The second-order valence-electron chi connectivity index (χ2n) is 7.25. The van der Waals surface area contributed by atoms with Gasteiger partial charge in [-0.2, -0.15) is 0 Å². The zero-order valence-electron chi connectivity index (χ0n) is 12.5. The minimum Gasteiger partial charge on any atom is -0.299 e. The molecule has 2 aliphatic rings. The highest BCUT2D eigenvalue weighted by molar-refractivity contribution is 5.84. The van der Waals surface area contributed by atoms with Gasteiger partial charge in [0.2, 0.25) is 0 Å². The monoisotopic (exact) mass is 250 g/mol. The van der Waals surface area contributed by atoms with E-state index in [1.807, 2.05) is 0 Å². The summed E-state index contributed by atoms with van der Waals surface area (Å²) in [5.74, 6) is 2.06. The third-order valence-electron chi connectivity index (χ3n) is 5.65. The first-order valence-electron chi connectivity index (χ1n) is 8.10. The Labute approximate surface area is 113 Å². The van der Waals surface area contributed by atoms with Crippen molar-refractivity contribution >= 4 is 5.78 Å². The lowest BCUT2D eigenvalue weighted by Crippen LogP contribution is -2.40. The van der Waals surface area contributed by atoms with Gasteiger partial charge in [-0.25, -0.2) is 0 Å². The fourth-order valence-corrected chi connectivity index (χ4v) is 4.35. The molecule has 1 heteroatoms. The lowest BCUT2D eigenvalue weighted by atomic mass is 9.62. The van der Waals surface area contributed by atoms with E-state index in [2.05, 4.69) is 20.8 Å². The normalized spacial score (nSPS) is 36.3. The second kappa shape index (κ2) is 5.75. The van der Waals surface area contributed by atoms with Gasteiger partial charge >= 0.3 is 0 Å². The summed E-state index contributed by atoms with van der Waals surface area (Å²) in [6.07, 6.45) is 11.3. The van der Waals surface area contributed by atoms with E-state index < -0.39 is 0 Å². The van der Waals surface area contributed by atoms with Crippen LogP contribution in [-0.4, -0.2) is 5.78 Å². The molecule has 2 saturated carbocycles. The largest absolute Gasteiger partial charge is 0.299 e. The molecule has 18 heavy (non-hydrogen) atoms. The highest BCUT2D eigenvalue weighted by Crippen LogP contribution is 2.45. The molecule has 0 aromatic rings. The van der Waals surface area contributed by atoms with E-state index in [-0.39, 0.29) is 5.41 Å². The Balaban J connectivity index is 2.09. The van der Waals surface area contributed by atoms with E-state index in [1.54, 1.807) is 0 Å². The van der Waals surface area contributed by atoms with E-state index >= 15 is 0 Å². The summed E-state index contributed by atoms with van der Waals surface area (Å²) < 4.78 is 0. The standard InChI is InChI=1S/C17H30O/c1-4-13-9-5-6-10-14(13)16(18)15-11-7-8-12-17(15,2)3/h13-15H,4-12H2,1-3H3. The average Bonchev–Trinajstić information content (AvgIpc) is 2.37. The second-order valence-corrected chi connectivity index (χ2v) is 7.25. The van der Waals surface area contributed by atoms with Crippen molar-refractivity contribution in [3.8, 4) is 0 Å². The van der Waals surface area contributed by atoms with E-state index in [0.717, 1.165) is 6.42 Å². The number of hydrogen-bond donors (Lipinski definition) is 0. The van der Waals surface area contributed by atoms with Crippen molar-refractivity contribution < 1.29 is 4.79 Å². The minimum atomic E-state index is 0.255. The number of rotatable bonds is 3. The Hall–Kier alpha value is -0.330. The Morgan fingerprint density at radius 2 is 1.72 bits per heavy atom. The van der Waals surface area contributed by atoms with Crippen molar-refractivity contribution in [1.82, 2.24) is 0 Å². The number of hydrogen-bond acceptors (Lipinski definition) is 1. The van der Waals surface area contributed by atoms with E-state index in [1.165, 1.54) is 51.4 Å². The van der Waals surface area contributed by atoms with E-state index in [0.29, 0.717) is 23.5 Å². The number of carbonyl (C=O) groups excluding carboxylic acids is 1. The molecular formula is C17H30O. The highest BCUT2D eigenvalue weighted by atomic mass is 16.1. The van der Waals surface area contributed by atoms with Crippen LogP contribution < -0.4 is 0 Å². The van der Waals surface area contributed by atoms with Crippen LogP contribution in [0.25, 0.3) is 0 Å². The molecule has 0 N–H and O–H groups in total. The Bertz CT molecular complexity index is 292. The lowest BCUT2D eigenvalue weighted by molar-refractivity contribution is -0.135. The maximum absolute atomic E-state index is 12.9. The van der Waals surface area contributed by atoms with Crippen LogP contribution in [0.1, 0.15) is 78.6 Å². The summed E-state index contributed by atoms with van der Waals surface area (Å²) in [6, 6.07) is 0. The lowest BCUT2D eigenvalue weighted by Gasteiger charge is -2.41. The van der Waals surface area contributed by atoms with Gasteiger partial charge in [-0.1, -0.05) is 52.9 Å². The van der Waals surface area contributed by atoms with Crippen molar-refractivity contribution in [3.63, 3.8) is 0 Å². The van der Waals surface area contributed by atoms with Crippen molar-refractivity contribution in [2.45, 2.75) is 78.6 Å². The van der Waals surface area contributed by atoms with E-state index in [9.17, 15) is 4.79 Å². The SMILES string of the molecule is CCC1CCCCC1C(=O)C1CCCCC1(C)C. The third-order valence-corrected chi connectivity index (χ3v) is 5.65. The molecule has 0 aromatic carbocycles. The Kier molecular flexibility index (Phi) is 4.50. The van der Waals surface area contributed by atoms with Crippen LogP contribution >= 0.6 is 0 Å². The van der Waals surface area contributed by atoms with Crippen LogP contribution in [0, 0.1) is 23.2 Å². The Morgan fingerprint density at radius 3 is 2.39 bits per heavy atom. The molecule has 104 valence electrons. The quantitative estimate of drug-likeness (QED) is 0.689. The maximum Gasteiger partial charge on any atom is 0.139 e. The number of ketones is 1. The van der Waals surface area contributed by atoms with Crippen LogP contribution in [-0.2, 0) is 4.79 Å². The van der Waals surface area contributed by atoms with Crippen molar-refractivity contribution in [1.29, 1.82) is 0 Å². The summed E-state index contributed by atoms with van der Waals surface area (Å²) in [6.45, 7) is 6.90. The molecule has 0 spiro atoms. The predicted molar refractivity (Wildman–Crippen MR) is 76.5 cm³/mol. The molecule has 2 rings (SSSR count). The summed E-state index contributed by atoms with van der Waals surface area (Å²) in [5.41, 5.74) is 0.255. The van der Waals surface area contributed by atoms with Gasteiger partial charge in [0.15, 0.2) is 0 Å². The molecule has 3 unspecified atom stereocenters. The van der Waals surface area contributed by atoms with Crippen LogP contribution in [0.2, 0.25) is 0 Å². The molecular weight excluding hydrogens is 220 g/mol. The minimum absolute atomic E-state index is 0.255. The van der Waals surface area contributed by atoms with Crippen LogP contribution in [0.5, 0.6) is 0 Å². The topological polar surface area (TPSA) is 17.1 Å². The van der Waals surface area contributed by atoms with Gasteiger partial charge in [0.05, 0.1) is 0 Å². The van der Waals surface area contributed by atoms with Crippen molar-refractivity contribution in [3.05, 3.63) is 0 Å². The van der Waals surface area contributed by atoms with Crippen molar-refractivity contribution in [2.75, 3.05) is 0 Å². The predicted octanol–water partition coefficient (Wildman–Crippen LogP) is 4.99. The van der Waals surface area contributed by atoms with Crippen LogP contribution in [0.15, 0.2) is 0 Å². The van der Waals surface area contributed by atoms with Gasteiger partial charge in [-0.15, -0.1) is 0 Å². The molecule has 2 aliphatic carbocycles. The molecule has 1 nitrogen and oxygen atoms in total. The fraction of sp³-hybridized carbons (Fsp3) is 0.941. The van der Waals surface area contributed by atoms with Crippen LogP contribution in [0.4, 0.5) is 0 Å². The third kappa shape index (κ3) is 2.81. The first-order valence-corrected chi connectivity index (χ1v) is 8.10. The van der Waals surface area contributed by atoms with Crippen molar-refractivity contribution in [2.24, 2.45) is 23.2 Å². The van der Waals surface area contributed by atoms with Gasteiger partial charge in [-0.05, 0) is 37.0 Å². The van der Waals surface area contributed by atoms with Gasteiger partial charge in [-0.3, -0.25) is 4.79 Å². The summed E-state index contributed by atoms with van der Waals surface area (Å²) in [4.78, 5) is 12.9. The summed E-state index contributed by atoms with van der Waals surface area (Å²) >= 11 is 0. The van der Waals surface area contributed by atoms with Gasteiger partial charge in [0.1, 0.15) is 5.78 Å². The molecule has 3 atom stereocenters. The van der Waals surface area contributed by atoms with E-state index in [4.69, 9.17) is 0 Å². The average molecular weight is 250 g/mol. The molecule has 0 saturated heterocycles.